The largest absolute Gasteiger partial charge is 0.394 e. The Labute approximate surface area is 536 Å². The number of aliphatic hydroxyl groups is 24. The molecule has 26 N–H and O–H groups in total. The van der Waals surface area contributed by atoms with Crippen LogP contribution in [-0.2, 0) is 80.6 Å². The zero-order valence-electron chi connectivity index (χ0n) is 50.4. The highest BCUT2D eigenvalue weighted by molar-refractivity contribution is 5.73. The Balaban J connectivity index is 1.07. The summed E-state index contributed by atoms with van der Waals surface area (Å²) in [6, 6.07) is -3.67. The molecule has 0 aliphatic carbocycles. The quantitative estimate of drug-likeness (QED) is 0.0427. The van der Waals surface area contributed by atoms with Crippen LogP contribution in [0.25, 0.3) is 0 Å². The van der Waals surface area contributed by atoms with Crippen molar-refractivity contribution < 1.29 is 203 Å². The monoisotopic (exact) mass is 1400 g/mol. The minimum Gasteiger partial charge on any atom is -0.394 e. The molecule has 95 heavy (non-hydrogen) atoms. The minimum atomic E-state index is -2.43. The van der Waals surface area contributed by atoms with Gasteiger partial charge in [0, 0.05) is 13.8 Å². The highest BCUT2D eigenvalue weighted by Crippen LogP contribution is 2.39. The van der Waals surface area contributed by atoms with Gasteiger partial charge in [0.05, 0.1) is 52.9 Å². The Morgan fingerprint density at radius 1 is 0.274 bits per heavy atom. The molecule has 43 nitrogen and oxygen atoms in total. The number of hydrogen-bond acceptors (Lipinski definition) is 41. The summed E-state index contributed by atoms with van der Waals surface area (Å²) >= 11 is 0. The standard InChI is InChI=1S/C52H88N2O41/c1-11(62)53-21-29(70)39(18(8-60)82-45(21)80)90-51-38(79)43(28(69)20(89-51)10-81-47-36(77)41(26(67)16(6-58)83-47)92-48-34(75)31(72)23(64)13(3-55)84-48)94-52-44(33(74)25(66)15(5-57)87-52)95-46-22(54-12(2)63)30(71)40(19(9-61)88-46)91-50-37(78)42(27(68)17(7-59)86-50)93-49-35(76)32(73)24(65)14(4-56)85-49/h13-52,55-61,64-80H,3-10H2,1-2H3,(H,53,62)(H,54,63)/t13-,14-,15-,16-,17-,18-,19-,20-,21-,22-,23-,24+,25-,26-,27+,28-,29-,30-,31+,32+,33+,34+,35-,36+,37-,38+,39-,40-,41+,42+,43+,44+,45?,46+,47+,48-,49-,50+,51+,52-/m1/s1. The molecule has 43 heteroatoms. The Morgan fingerprint density at radius 3 is 1.00 bits per heavy atom. The van der Waals surface area contributed by atoms with Crippen LogP contribution in [0.15, 0.2) is 0 Å². The van der Waals surface area contributed by atoms with Crippen molar-refractivity contribution in [2.45, 2.75) is 259 Å². The maximum Gasteiger partial charge on any atom is 0.217 e. The predicted molar refractivity (Wildman–Crippen MR) is 288 cm³/mol. The molecule has 8 aliphatic heterocycles. The van der Waals surface area contributed by atoms with Crippen LogP contribution in [0.4, 0.5) is 0 Å². The van der Waals surface area contributed by atoms with Gasteiger partial charge in [-0.2, -0.15) is 0 Å². The van der Waals surface area contributed by atoms with E-state index in [2.05, 4.69) is 10.6 Å². The van der Waals surface area contributed by atoms with Crippen molar-refractivity contribution in [1.29, 1.82) is 0 Å². The SMILES string of the molecule is CC(=O)N[C@H]1[C@H](O[C@@H]2[C@@H](O[C@@H]3[C@H](O)[C@H](O[C@H]4[C@H](O)[C@@H](NC(C)=O)C(O)O[C@@H]4CO)O[C@H](CO[C@H]4O[C@H](CO)[C@@H](O)[C@H](O[C@H]5O[C@H](CO)[C@@H](O)[C@H](O)[C@@H]5O)[C@@H]4O)[C@H]3O)O[C@H](CO)[C@@H](O)[C@@H]2O)O[C@H](CO)[C@@H](O[C@@H]2O[C@H](CO)[C@H](O)[C@H](O[C@H]3O[C@H](CO)[C@H](O)[C@H](O)[C@H]3O)[C@H]2O)[C@@H]1O. The number of carbonyl (C=O) groups excluding carboxylic acids is 2. The van der Waals surface area contributed by atoms with Gasteiger partial charge in [0.25, 0.3) is 0 Å². The maximum atomic E-state index is 12.9. The Morgan fingerprint density at radius 2 is 0.568 bits per heavy atom. The van der Waals surface area contributed by atoms with E-state index in [9.17, 15) is 132 Å². The van der Waals surface area contributed by atoms with Crippen LogP contribution in [0.3, 0.4) is 0 Å². The lowest BCUT2D eigenvalue weighted by Gasteiger charge is -2.51. The van der Waals surface area contributed by atoms with Crippen molar-refractivity contribution in [2.24, 2.45) is 0 Å². The fourth-order valence-electron chi connectivity index (χ4n) is 12.2. The fourth-order valence-corrected chi connectivity index (χ4v) is 12.2. The molecule has 40 atom stereocenters. The van der Waals surface area contributed by atoms with Gasteiger partial charge in [-0.1, -0.05) is 0 Å². The summed E-state index contributed by atoms with van der Waals surface area (Å²) in [4.78, 5) is 25.1. The molecule has 8 heterocycles. The van der Waals surface area contributed by atoms with Gasteiger partial charge < -0.3 is 204 Å². The lowest BCUT2D eigenvalue weighted by Crippen LogP contribution is -2.70. The molecule has 0 spiro atoms. The second-order valence-corrected chi connectivity index (χ2v) is 23.9. The molecule has 8 aliphatic rings. The number of hydrogen-bond donors (Lipinski definition) is 26. The molecule has 552 valence electrons. The van der Waals surface area contributed by atoms with Crippen molar-refractivity contribution in [3.63, 3.8) is 0 Å². The van der Waals surface area contributed by atoms with Gasteiger partial charge in [-0.25, -0.2) is 0 Å². The highest BCUT2D eigenvalue weighted by Gasteiger charge is 2.60. The van der Waals surface area contributed by atoms with Gasteiger partial charge in [0.2, 0.25) is 11.8 Å². The second kappa shape index (κ2) is 33.9. The van der Waals surface area contributed by atoms with Crippen LogP contribution >= 0.6 is 0 Å². The van der Waals surface area contributed by atoms with Gasteiger partial charge in [0.15, 0.2) is 50.3 Å². The van der Waals surface area contributed by atoms with Gasteiger partial charge >= 0.3 is 0 Å². The van der Waals surface area contributed by atoms with E-state index in [1.807, 2.05) is 0 Å². The molecule has 0 aromatic rings. The third kappa shape index (κ3) is 16.8. The van der Waals surface area contributed by atoms with Crippen LogP contribution in [0, 0.1) is 0 Å². The first kappa shape index (κ1) is 78.1. The number of nitrogens with one attached hydrogen (secondary N) is 2. The number of amides is 2. The average molecular weight is 1400 g/mol. The summed E-state index contributed by atoms with van der Waals surface area (Å²) in [5.41, 5.74) is 0. The van der Waals surface area contributed by atoms with E-state index in [-0.39, 0.29) is 0 Å². The molecule has 0 aromatic heterocycles. The first-order chi connectivity index (χ1) is 45.0. The number of rotatable bonds is 24. The molecule has 2 amide bonds. The van der Waals surface area contributed by atoms with E-state index < -0.39 is 310 Å². The van der Waals surface area contributed by atoms with Gasteiger partial charge in [-0.3, -0.25) is 9.59 Å². The first-order valence-corrected chi connectivity index (χ1v) is 30.1. The van der Waals surface area contributed by atoms with E-state index >= 15 is 0 Å². The molecule has 0 radical (unpaired) electrons. The molecule has 8 saturated heterocycles. The third-order valence-electron chi connectivity index (χ3n) is 17.4. The van der Waals surface area contributed by atoms with Crippen molar-refractivity contribution in [3.05, 3.63) is 0 Å². The summed E-state index contributed by atoms with van der Waals surface area (Å²) in [6.45, 7) is -6.39. The molecule has 0 bridgehead atoms. The van der Waals surface area contributed by atoms with Crippen LogP contribution in [0.1, 0.15) is 13.8 Å². The van der Waals surface area contributed by atoms with Crippen LogP contribution < -0.4 is 10.6 Å². The van der Waals surface area contributed by atoms with Gasteiger partial charge in [-0.15, -0.1) is 0 Å². The lowest BCUT2D eigenvalue weighted by molar-refractivity contribution is -0.398. The molecule has 0 saturated carbocycles. The summed E-state index contributed by atoms with van der Waals surface area (Å²) < 4.78 is 86.3. The van der Waals surface area contributed by atoms with Crippen LogP contribution in [0.5, 0.6) is 0 Å². The van der Waals surface area contributed by atoms with Crippen LogP contribution in [0.2, 0.25) is 0 Å². The Bertz CT molecular complexity index is 2380. The average Bonchev–Trinajstić information content (AvgIpc) is 0.777. The Kier molecular flexibility index (Phi) is 27.9. The van der Waals surface area contributed by atoms with E-state index in [1.54, 1.807) is 0 Å². The van der Waals surface area contributed by atoms with Crippen molar-refractivity contribution in [3.8, 4) is 0 Å². The molecule has 0 aromatic carbocycles. The summed E-state index contributed by atoms with van der Waals surface area (Å²) in [5.74, 6) is -1.77. The highest BCUT2D eigenvalue weighted by atomic mass is 16.8. The molecule has 8 fully saturated rings. The molecule has 8 rings (SSSR count). The summed E-state index contributed by atoms with van der Waals surface area (Å²) in [5, 5.41) is 266. The van der Waals surface area contributed by atoms with Crippen molar-refractivity contribution in [2.75, 3.05) is 52.9 Å². The van der Waals surface area contributed by atoms with E-state index in [0.29, 0.717) is 0 Å². The zero-order chi connectivity index (χ0) is 69.9. The number of carbonyl (C=O) groups is 2. The molecular weight excluding hydrogens is 1310 g/mol. The lowest BCUT2D eigenvalue weighted by atomic mass is 9.94. The van der Waals surface area contributed by atoms with Crippen LogP contribution in [-0.4, -0.2) is 433 Å². The van der Waals surface area contributed by atoms with Gasteiger partial charge in [-0.05, 0) is 0 Å². The first-order valence-electron chi connectivity index (χ1n) is 30.1. The van der Waals surface area contributed by atoms with E-state index in [1.165, 1.54) is 0 Å². The van der Waals surface area contributed by atoms with Crippen molar-refractivity contribution in [1.82, 2.24) is 10.6 Å². The van der Waals surface area contributed by atoms with Crippen molar-refractivity contribution >= 4 is 11.8 Å². The molecule has 1 unspecified atom stereocenters. The summed E-state index contributed by atoms with van der Waals surface area (Å²) in [7, 11) is 0. The van der Waals surface area contributed by atoms with E-state index in [0.717, 1.165) is 13.8 Å². The van der Waals surface area contributed by atoms with E-state index in [4.69, 9.17) is 71.1 Å². The number of ether oxygens (including phenoxy) is 15. The Hall–Kier alpha value is -2.62. The minimum absolute atomic E-state index is 0.815. The molecular formula is C52H88N2O41. The van der Waals surface area contributed by atoms with Gasteiger partial charge in [0.1, 0.15) is 195 Å². The second-order valence-electron chi connectivity index (χ2n) is 23.9. The maximum absolute atomic E-state index is 12.9. The topological polar surface area (TPSA) is 682 Å². The zero-order valence-corrected chi connectivity index (χ0v) is 50.4. The smallest absolute Gasteiger partial charge is 0.217 e. The predicted octanol–water partition coefficient (Wildman–Crippen LogP) is -18.2. The number of aliphatic hydroxyl groups excluding tert-OH is 24. The third-order valence-corrected chi connectivity index (χ3v) is 17.4. The summed E-state index contributed by atoms with van der Waals surface area (Å²) in [6.07, 6.45) is -77.3. The fraction of sp³-hybridized carbons (Fsp3) is 0.962. The normalized spacial score (nSPS) is 50.8.